The van der Waals surface area contributed by atoms with Crippen molar-refractivity contribution in [3.63, 3.8) is 0 Å². The number of nitro benzene ring substituents is 1. The molecule has 0 saturated carbocycles. The number of benzene rings is 2. The van der Waals surface area contributed by atoms with Gasteiger partial charge in [0, 0.05) is 5.69 Å². The first-order chi connectivity index (χ1) is 8.99. The lowest BCUT2D eigenvalue weighted by atomic mass is 10.1. The van der Waals surface area contributed by atoms with Crippen molar-refractivity contribution in [2.75, 3.05) is 5.32 Å². The van der Waals surface area contributed by atoms with E-state index in [0.717, 1.165) is 22.9 Å². The number of nitrogens with zero attached hydrogens (tertiary/aromatic N) is 1. The summed E-state index contributed by atoms with van der Waals surface area (Å²) in [4.78, 5) is 10.2. The summed E-state index contributed by atoms with van der Waals surface area (Å²) >= 11 is 0. The molecule has 0 bridgehead atoms. The van der Waals surface area contributed by atoms with Crippen LogP contribution in [-0.2, 0) is 0 Å². The van der Waals surface area contributed by atoms with Crippen LogP contribution in [-0.4, -0.2) is 4.92 Å². The zero-order valence-electron chi connectivity index (χ0n) is 10.6. The Labute approximate surface area is 110 Å². The Bertz CT molecular complexity index is 641. The quantitative estimate of drug-likeness (QED) is 0.667. The molecule has 98 valence electrons. The van der Waals surface area contributed by atoms with E-state index in [2.05, 4.69) is 5.32 Å². The van der Waals surface area contributed by atoms with E-state index in [1.165, 1.54) is 12.1 Å². The number of nitrogens with one attached hydrogen (secondary N) is 1. The van der Waals surface area contributed by atoms with Crippen molar-refractivity contribution in [1.29, 1.82) is 0 Å². The highest BCUT2D eigenvalue weighted by atomic mass is 19.1. The summed E-state index contributed by atoms with van der Waals surface area (Å²) in [7, 11) is 0. The van der Waals surface area contributed by atoms with Crippen LogP contribution in [0, 0.1) is 29.8 Å². The van der Waals surface area contributed by atoms with Crippen LogP contribution in [0.5, 0.6) is 0 Å². The van der Waals surface area contributed by atoms with Crippen molar-refractivity contribution in [2.24, 2.45) is 0 Å². The summed E-state index contributed by atoms with van der Waals surface area (Å²) in [6, 6.07) is 9.66. The summed E-state index contributed by atoms with van der Waals surface area (Å²) in [6.45, 7) is 3.85. The number of nitro groups is 1. The molecule has 2 aromatic carbocycles. The van der Waals surface area contributed by atoms with Crippen LogP contribution in [0.25, 0.3) is 0 Å². The topological polar surface area (TPSA) is 55.2 Å². The van der Waals surface area contributed by atoms with Gasteiger partial charge in [-0.2, -0.15) is 4.39 Å². The average molecular weight is 260 g/mol. The van der Waals surface area contributed by atoms with Gasteiger partial charge in [-0.1, -0.05) is 23.8 Å². The van der Waals surface area contributed by atoms with Crippen molar-refractivity contribution in [1.82, 2.24) is 0 Å². The number of rotatable bonds is 3. The minimum absolute atomic E-state index is 0.150. The zero-order chi connectivity index (χ0) is 14.0. The van der Waals surface area contributed by atoms with Gasteiger partial charge in [-0.25, -0.2) is 0 Å². The Hall–Kier alpha value is -2.43. The molecule has 1 N–H and O–H groups in total. The van der Waals surface area contributed by atoms with Gasteiger partial charge in [-0.05, 0) is 37.6 Å². The van der Waals surface area contributed by atoms with Crippen LogP contribution >= 0.6 is 0 Å². The Morgan fingerprint density at radius 2 is 1.89 bits per heavy atom. The molecular formula is C14H13FN2O2. The van der Waals surface area contributed by atoms with E-state index < -0.39 is 16.4 Å². The Morgan fingerprint density at radius 1 is 1.16 bits per heavy atom. The van der Waals surface area contributed by atoms with Crippen molar-refractivity contribution in [2.45, 2.75) is 13.8 Å². The molecule has 0 amide bonds. The van der Waals surface area contributed by atoms with E-state index in [0.29, 0.717) is 0 Å². The third-order valence-corrected chi connectivity index (χ3v) is 2.82. The summed E-state index contributed by atoms with van der Waals surface area (Å²) in [6.07, 6.45) is 0. The first kappa shape index (κ1) is 13.0. The number of hydrogen-bond acceptors (Lipinski definition) is 3. The summed E-state index contributed by atoms with van der Waals surface area (Å²) in [5, 5.41) is 13.8. The second-order valence-electron chi connectivity index (χ2n) is 4.34. The van der Waals surface area contributed by atoms with Gasteiger partial charge in [0.25, 0.3) is 0 Å². The molecule has 2 rings (SSSR count). The van der Waals surface area contributed by atoms with E-state index in [1.54, 1.807) is 0 Å². The lowest BCUT2D eigenvalue weighted by Gasteiger charge is -2.10. The largest absolute Gasteiger partial charge is 0.350 e. The highest BCUT2D eigenvalue weighted by molar-refractivity contribution is 5.71. The Balaban J connectivity index is 2.44. The summed E-state index contributed by atoms with van der Waals surface area (Å²) in [5.74, 6) is -0.847. The Kier molecular flexibility index (Phi) is 3.46. The lowest BCUT2D eigenvalue weighted by Crippen LogP contribution is -2.00. The molecule has 4 nitrogen and oxygen atoms in total. The molecule has 5 heteroatoms. The van der Waals surface area contributed by atoms with Gasteiger partial charge < -0.3 is 5.32 Å². The van der Waals surface area contributed by atoms with E-state index in [-0.39, 0.29) is 5.69 Å². The van der Waals surface area contributed by atoms with Gasteiger partial charge in [0.05, 0.1) is 4.92 Å². The number of para-hydroxylation sites is 1. The summed E-state index contributed by atoms with van der Waals surface area (Å²) in [5.41, 5.74) is 2.37. The first-order valence-electron chi connectivity index (χ1n) is 5.76. The van der Waals surface area contributed by atoms with Gasteiger partial charge >= 0.3 is 5.69 Å². The summed E-state index contributed by atoms with van der Waals surface area (Å²) < 4.78 is 13.5. The molecule has 0 aliphatic rings. The highest BCUT2D eigenvalue weighted by Gasteiger charge is 2.20. The maximum absolute atomic E-state index is 13.5. The predicted molar refractivity (Wildman–Crippen MR) is 72.3 cm³/mol. The van der Waals surface area contributed by atoms with E-state index in [9.17, 15) is 14.5 Å². The number of hydrogen-bond donors (Lipinski definition) is 1. The maximum atomic E-state index is 13.5. The molecule has 0 radical (unpaired) electrons. The fourth-order valence-corrected chi connectivity index (χ4v) is 1.90. The third-order valence-electron chi connectivity index (χ3n) is 2.82. The smallest absolute Gasteiger partial charge is 0.327 e. The number of aryl methyl sites for hydroxylation is 2. The minimum Gasteiger partial charge on any atom is -0.350 e. The first-order valence-corrected chi connectivity index (χ1v) is 5.76. The average Bonchev–Trinajstić information content (AvgIpc) is 2.32. The predicted octanol–water partition coefficient (Wildman–Crippen LogP) is 4.09. The second kappa shape index (κ2) is 5.06. The second-order valence-corrected chi connectivity index (χ2v) is 4.34. The van der Waals surface area contributed by atoms with Crippen LogP contribution in [0.3, 0.4) is 0 Å². The van der Waals surface area contributed by atoms with Crippen molar-refractivity contribution >= 4 is 17.1 Å². The fraction of sp³-hybridized carbons (Fsp3) is 0.143. The van der Waals surface area contributed by atoms with E-state index in [4.69, 9.17) is 0 Å². The molecular weight excluding hydrogens is 247 g/mol. The van der Waals surface area contributed by atoms with Crippen molar-refractivity contribution in [3.8, 4) is 0 Å². The van der Waals surface area contributed by atoms with Gasteiger partial charge in [0.1, 0.15) is 5.69 Å². The van der Waals surface area contributed by atoms with Crippen LogP contribution in [0.15, 0.2) is 36.4 Å². The van der Waals surface area contributed by atoms with Crippen LogP contribution < -0.4 is 5.32 Å². The third kappa shape index (κ3) is 2.70. The Morgan fingerprint density at radius 3 is 2.53 bits per heavy atom. The van der Waals surface area contributed by atoms with Crippen molar-refractivity contribution in [3.05, 3.63) is 63.5 Å². The molecule has 0 unspecified atom stereocenters. The monoisotopic (exact) mass is 260 g/mol. The highest BCUT2D eigenvalue weighted by Crippen LogP contribution is 2.31. The molecule has 0 saturated heterocycles. The molecule has 19 heavy (non-hydrogen) atoms. The molecule has 0 spiro atoms. The zero-order valence-corrected chi connectivity index (χ0v) is 10.6. The molecule has 0 fully saturated rings. The fourth-order valence-electron chi connectivity index (χ4n) is 1.90. The van der Waals surface area contributed by atoms with Gasteiger partial charge in [-0.3, -0.25) is 10.1 Å². The molecule has 0 aliphatic heterocycles. The van der Waals surface area contributed by atoms with Crippen LogP contribution in [0.2, 0.25) is 0 Å². The number of anilines is 2. The van der Waals surface area contributed by atoms with Gasteiger partial charge in [0.15, 0.2) is 0 Å². The van der Waals surface area contributed by atoms with E-state index in [1.807, 2.05) is 32.0 Å². The van der Waals surface area contributed by atoms with Crippen molar-refractivity contribution < 1.29 is 9.31 Å². The van der Waals surface area contributed by atoms with Crippen LogP contribution in [0.1, 0.15) is 11.1 Å². The number of halogens is 1. The molecule has 2 aromatic rings. The maximum Gasteiger partial charge on any atom is 0.327 e. The molecule has 0 aromatic heterocycles. The normalized spacial score (nSPS) is 10.3. The van der Waals surface area contributed by atoms with Crippen LogP contribution in [0.4, 0.5) is 21.5 Å². The van der Waals surface area contributed by atoms with Gasteiger partial charge in [-0.15, -0.1) is 0 Å². The molecule has 0 heterocycles. The molecule has 0 atom stereocenters. The SMILES string of the molecule is Cc1ccc(Nc2cccc(F)c2[N+](=O)[O-])c(C)c1. The lowest BCUT2D eigenvalue weighted by molar-refractivity contribution is -0.386. The van der Waals surface area contributed by atoms with Gasteiger partial charge in [0.2, 0.25) is 5.82 Å². The van der Waals surface area contributed by atoms with E-state index >= 15 is 0 Å². The standard InChI is InChI=1S/C14H13FN2O2/c1-9-6-7-12(10(2)8-9)16-13-5-3-4-11(15)14(13)17(18)19/h3-8,16H,1-2H3. The minimum atomic E-state index is -0.847. The molecule has 0 aliphatic carbocycles.